The van der Waals surface area contributed by atoms with E-state index >= 15 is 0 Å². The second-order valence-electron chi connectivity index (χ2n) is 3.15. The van der Waals surface area contributed by atoms with Gasteiger partial charge in [-0.3, -0.25) is 0 Å². The lowest BCUT2D eigenvalue weighted by Gasteiger charge is -1.94. The molecule has 0 amide bonds. The first kappa shape index (κ1) is 9.53. The molecule has 0 spiro atoms. The van der Waals surface area contributed by atoms with Gasteiger partial charge in [0.15, 0.2) is 0 Å². The van der Waals surface area contributed by atoms with Gasteiger partial charge in [0.2, 0.25) is 7.31 Å². The molecule has 1 heterocycles. The molecule has 0 unspecified atom stereocenters. The van der Waals surface area contributed by atoms with Gasteiger partial charge in [-0.05, 0) is 12.1 Å². The zero-order valence-electron chi connectivity index (χ0n) is 8.38. The van der Waals surface area contributed by atoms with Crippen LogP contribution in [0.2, 0.25) is 0 Å². The van der Waals surface area contributed by atoms with Gasteiger partial charge in [0.05, 0.1) is 19.4 Å². The first-order chi connectivity index (χ1) is 7.33. The first-order valence-corrected chi connectivity index (χ1v) is 4.74. The van der Waals surface area contributed by atoms with Gasteiger partial charge >= 0.3 is 0 Å². The van der Waals surface area contributed by atoms with Crippen LogP contribution in [0.15, 0.2) is 30.5 Å². The van der Waals surface area contributed by atoms with Crippen LogP contribution in [-0.4, -0.2) is 29.9 Å². The van der Waals surface area contributed by atoms with Gasteiger partial charge in [0.1, 0.15) is 5.69 Å². The smallest absolute Gasteiger partial charge is 0.225 e. The fourth-order valence-corrected chi connectivity index (χ4v) is 1.30. The Hall–Kier alpha value is -2.02. The van der Waals surface area contributed by atoms with Crippen molar-refractivity contribution >= 4 is 15.0 Å². The number of rotatable bonds is 2. The van der Waals surface area contributed by atoms with Crippen molar-refractivity contribution in [3.05, 3.63) is 36.0 Å². The zero-order chi connectivity index (χ0) is 10.7. The molecule has 0 saturated carbocycles. The molecule has 0 saturated heterocycles. The molecule has 0 atom stereocenters. The summed E-state index contributed by atoms with van der Waals surface area (Å²) in [6.45, 7) is 0. The predicted octanol–water partition coefficient (Wildman–Crippen LogP) is -0.436. The van der Waals surface area contributed by atoms with E-state index in [2.05, 4.69) is 16.4 Å². The van der Waals surface area contributed by atoms with Crippen LogP contribution in [0.5, 0.6) is 0 Å². The Balaban J connectivity index is 2.33. The lowest BCUT2D eigenvalue weighted by molar-refractivity contribution is 0.876. The predicted molar refractivity (Wildman–Crippen MR) is 61.3 cm³/mol. The second-order valence-corrected chi connectivity index (χ2v) is 3.15. The van der Waals surface area contributed by atoms with Crippen LogP contribution in [0, 0.1) is 11.3 Å². The maximum Gasteiger partial charge on any atom is 0.225 e. The fourth-order valence-electron chi connectivity index (χ4n) is 1.30. The maximum absolute atomic E-state index is 8.66. The molecule has 0 aliphatic carbocycles. The lowest BCUT2D eigenvalue weighted by Crippen LogP contribution is -2.05. The van der Waals surface area contributed by atoms with Gasteiger partial charge in [-0.1, -0.05) is 17.3 Å². The summed E-state index contributed by atoms with van der Waals surface area (Å²) in [5.41, 5.74) is 2.47. The molecule has 0 fully saturated rings. The van der Waals surface area contributed by atoms with E-state index in [0.717, 1.165) is 18.6 Å². The van der Waals surface area contributed by atoms with E-state index in [1.165, 1.54) is 0 Å². The van der Waals surface area contributed by atoms with Crippen molar-refractivity contribution in [2.75, 3.05) is 0 Å². The van der Waals surface area contributed by atoms with Crippen molar-refractivity contribution in [2.45, 2.75) is 0 Å². The van der Waals surface area contributed by atoms with Crippen molar-refractivity contribution in [2.24, 2.45) is 0 Å². The number of nitrogens with zero attached hydrogens (tertiary/aromatic N) is 4. The van der Waals surface area contributed by atoms with Crippen LogP contribution >= 0.6 is 0 Å². The third-order valence-corrected chi connectivity index (χ3v) is 2.17. The van der Waals surface area contributed by atoms with Gasteiger partial charge in [-0.2, -0.15) is 5.26 Å². The average molecular weight is 194 g/mol. The molecule has 0 aliphatic rings. The summed E-state index contributed by atoms with van der Waals surface area (Å²) in [4.78, 5) is 0. The summed E-state index contributed by atoms with van der Waals surface area (Å²) >= 11 is 0. The monoisotopic (exact) mass is 194 g/mol. The molecule has 6 heteroatoms. The second kappa shape index (κ2) is 4.01. The molecule has 1 aromatic heterocycles. The third kappa shape index (κ3) is 1.91. The highest BCUT2D eigenvalue weighted by Gasteiger charge is 2.02. The Kier molecular flexibility index (Phi) is 2.55. The number of nitriles is 1. The average Bonchev–Trinajstić information content (AvgIpc) is 2.78. The highest BCUT2D eigenvalue weighted by atomic mass is 15.4. The van der Waals surface area contributed by atoms with Crippen LogP contribution in [0.4, 0.5) is 0 Å². The Morgan fingerprint density at radius 2 is 2.07 bits per heavy atom. The number of benzene rings is 1. The summed E-state index contributed by atoms with van der Waals surface area (Å²) in [5, 5.41) is 16.7. The summed E-state index contributed by atoms with van der Waals surface area (Å²) < 4.78 is 1.77. The van der Waals surface area contributed by atoms with Crippen molar-refractivity contribution < 1.29 is 0 Å². The van der Waals surface area contributed by atoms with E-state index in [1.807, 2.05) is 26.1 Å². The lowest BCUT2D eigenvalue weighted by atomic mass is 9.67. The van der Waals surface area contributed by atoms with Crippen LogP contribution < -0.4 is 0 Å². The maximum atomic E-state index is 8.66. The van der Waals surface area contributed by atoms with Crippen molar-refractivity contribution in [1.29, 1.82) is 5.26 Å². The number of hydrogen-bond acceptors (Lipinski definition) is 3. The van der Waals surface area contributed by atoms with Crippen molar-refractivity contribution in [3.63, 3.8) is 0 Å². The quantitative estimate of drug-likeness (QED) is 0.609. The molecule has 0 radical (unpaired) electrons. The van der Waals surface area contributed by atoms with Gasteiger partial charge in [-0.15, -0.1) is 5.10 Å². The minimum absolute atomic E-state index is 0.654. The molecular weight excluding hydrogens is 186 g/mol. The summed E-state index contributed by atoms with van der Waals surface area (Å²) in [6, 6.07) is 9.39. The minimum Gasteiger partial charge on any atom is -0.311 e. The summed E-state index contributed by atoms with van der Waals surface area (Å²) in [7, 11) is 2.82. The molecule has 0 bridgehead atoms. The minimum atomic E-state index is 0.654. The molecule has 2 rings (SSSR count). The standard InChI is InChI=1S/C9H8B2N4/c10-11-15-6-9(13-14-15)8-3-1-7(5-12)2-4-8/h1-4,6,11H,10H2. The molecule has 2 aromatic rings. The van der Waals surface area contributed by atoms with Crippen LogP contribution in [0.1, 0.15) is 5.56 Å². The highest BCUT2D eigenvalue weighted by molar-refractivity contribution is 6.88. The number of hydrogen-bond donors (Lipinski definition) is 0. The molecule has 1 aromatic carbocycles. The van der Waals surface area contributed by atoms with E-state index in [4.69, 9.17) is 5.26 Å². The van der Waals surface area contributed by atoms with Gasteiger partial charge in [-0.25, -0.2) is 0 Å². The fraction of sp³-hybridized carbons (Fsp3) is 0. The van der Waals surface area contributed by atoms with Crippen molar-refractivity contribution in [3.8, 4) is 17.3 Å². The van der Waals surface area contributed by atoms with E-state index < -0.39 is 0 Å². The Morgan fingerprint density at radius 3 is 2.60 bits per heavy atom. The molecule has 70 valence electrons. The highest BCUT2D eigenvalue weighted by Crippen LogP contribution is 2.15. The van der Waals surface area contributed by atoms with Crippen LogP contribution in [0.25, 0.3) is 11.3 Å². The molecule has 4 nitrogen and oxygen atoms in total. The van der Waals surface area contributed by atoms with E-state index in [1.54, 1.807) is 16.7 Å². The third-order valence-electron chi connectivity index (χ3n) is 2.17. The Bertz CT molecular complexity index is 498. The molecule has 0 aliphatic heterocycles. The largest absolute Gasteiger partial charge is 0.311 e. The Labute approximate surface area is 89.2 Å². The summed E-state index contributed by atoms with van der Waals surface area (Å²) in [5.74, 6) is 0. The molecular formula is C9H8B2N4. The van der Waals surface area contributed by atoms with E-state index in [9.17, 15) is 0 Å². The molecule has 15 heavy (non-hydrogen) atoms. The Morgan fingerprint density at radius 1 is 1.33 bits per heavy atom. The van der Waals surface area contributed by atoms with Gasteiger partial charge in [0, 0.05) is 11.8 Å². The van der Waals surface area contributed by atoms with Crippen LogP contribution in [0.3, 0.4) is 0 Å². The van der Waals surface area contributed by atoms with Crippen molar-refractivity contribution in [1.82, 2.24) is 14.9 Å². The zero-order valence-corrected chi connectivity index (χ0v) is 8.38. The van der Waals surface area contributed by atoms with E-state index in [0.29, 0.717) is 5.56 Å². The van der Waals surface area contributed by atoms with Gasteiger partial charge < -0.3 is 4.59 Å². The number of aromatic nitrogens is 3. The van der Waals surface area contributed by atoms with E-state index in [-0.39, 0.29) is 0 Å². The normalized spacial score (nSPS) is 9.53. The van der Waals surface area contributed by atoms with Gasteiger partial charge in [0.25, 0.3) is 0 Å². The summed E-state index contributed by atoms with van der Waals surface area (Å²) in [6.07, 6.45) is 1.89. The first-order valence-electron chi connectivity index (χ1n) is 4.74. The topological polar surface area (TPSA) is 54.5 Å². The van der Waals surface area contributed by atoms with Crippen LogP contribution in [-0.2, 0) is 0 Å². The SMILES string of the molecule is BBn1cc(-c2ccc(C#N)cc2)nn1. The molecule has 0 N–H and O–H groups in total.